The van der Waals surface area contributed by atoms with Gasteiger partial charge in [0, 0.05) is 23.9 Å². The number of hydrogen-bond donors (Lipinski definition) is 1. The highest BCUT2D eigenvalue weighted by Crippen LogP contribution is 2.32. The Bertz CT molecular complexity index is 835. The van der Waals surface area contributed by atoms with Crippen molar-refractivity contribution in [3.8, 4) is 17.2 Å². The predicted octanol–water partition coefficient (Wildman–Crippen LogP) is 2.85. The number of ether oxygens (including phenoxy) is 3. The molecule has 27 heavy (non-hydrogen) atoms. The highest BCUT2D eigenvalue weighted by Gasteiger charge is 2.37. The number of carbonyl (C=O) groups excluding carboxylic acids is 2. The van der Waals surface area contributed by atoms with Crippen molar-refractivity contribution in [1.29, 1.82) is 0 Å². The van der Waals surface area contributed by atoms with Crippen LogP contribution in [0.15, 0.2) is 42.5 Å². The minimum atomic E-state index is -0.570. The van der Waals surface area contributed by atoms with E-state index in [0.29, 0.717) is 41.5 Å². The molecule has 2 aromatic rings. The van der Waals surface area contributed by atoms with E-state index in [2.05, 4.69) is 5.32 Å². The molecule has 142 valence electrons. The van der Waals surface area contributed by atoms with Crippen molar-refractivity contribution in [1.82, 2.24) is 0 Å². The molecule has 0 aliphatic carbocycles. The van der Waals surface area contributed by atoms with Crippen molar-refractivity contribution in [3.63, 3.8) is 0 Å². The first-order valence-electron chi connectivity index (χ1n) is 8.56. The van der Waals surface area contributed by atoms with Gasteiger partial charge in [0.1, 0.15) is 11.8 Å². The molecule has 7 heteroatoms. The van der Waals surface area contributed by atoms with Crippen molar-refractivity contribution in [2.24, 2.45) is 0 Å². The SMILES string of the molecule is COc1ccc(N2C(=O)CCC2C(=O)Nc2ccc(OC)c(OC)c2)cc1. The van der Waals surface area contributed by atoms with Gasteiger partial charge in [-0.05, 0) is 42.8 Å². The molecule has 1 unspecified atom stereocenters. The minimum absolute atomic E-state index is 0.0763. The van der Waals surface area contributed by atoms with Crippen molar-refractivity contribution in [2.45, 2.75) is 18.9 Å². The number of amides is 2. The number of nitrogens with zero attached hydrogens (tertiary/aromatic N) is 1. The van der Waals surface area contributed by atoms with Crippen LogP contribution in [0.1, 0.15) is 12.8 Å². The zero-order valence-corrected chi connectivity index (χ0v) is 15.5. The number of methoxy groups -OCH3 is 3. The molecule has 0 bridgehead atoms. The summed E-state index contributed by atoms with van der Waals surface area (Å²) in [7, 11) is 4.66. The van der Waals surface area contributed by atoms with Gasteiger partial charge < -0.3 is 19.5 Å². The Labute approximate surface area is 157 Å². The smallest absolute Gasteiger partial charge is 0.247 e. The molecule has 2 amide bonds. The summed E-state index contributed by atoms with van der Waals surface area (Å²) >= 11 is 0. The molecule has 1 aliphatic rings. The summed E-state index contributed by atoms with van der Waals surface area (Å²) in [5.41, 5.74) is 1.25. The third-order valence-electron chi connectivity index (χ3n) is 4.52. The summed E-state index contributed by atoms with van der Waals surface area (Å²) in [6.45, 7) is 0. The lowest BCUT2D eigenvalue weighted by molar-refractivity contribution is -0.120. The van der Waals surface area contributed by atoms with Crippen LogP contribution in [0.5, 0.6) is 17.2 Å². The van der Waals surface area contributed by atoms with Gasteiger partial charge in [0.2, 0.25) is 11.8 Å². The van der Waals surface area contributed by atoms with Crippen LogP contribution in [-0.4, -0.2) is 39.2 Å². The summed E-state index contributed by atoms with van der Waals surface area (Å²) in [5.74, 6) is 1.46. The molecular formula is C20H22N2O5. The van der Waals surface area contributed by atoms with Gasteiger partial charge in [-0.15, -0.1) is 0 Å². The number of rotatable bonds is 6. The molecule has 0 spiro atoms. The van der Waals surface area contributed by atoms with Gasteiger partial charge >= 0.3 is 0 Å². The Morgan fingerprint density at radius 3 is 2.33 bits per heavy atom. The summed E-state index contributed by atoms with van der Waals surface area (Å²) in [4.78, 5) is 26.7. The Morgan fingerprint density at radius 1 is 1.00 bits per heavy atom. The van der Waals surface area contributed by atoms with E-state index >= 15 is 0 Å². The molecule has 1 heterocycles. The van der Waals surface area contributed by atoms with Crippen LogP contribution in [0.3, 0.4) is 0 Å². The average Bonchev–Trinajstić information content (AvgIpc) is 3.09. The lowest BCUT2D eigenvalue weighted by atomic mass is 10.1. The van der Waals surface area contributed by atoms with Crippen LogP contribution in [0.25, 0.3) is 0 Å². The molecule has 7 nitrogen and oxygen atoms in total. The molecule has 2 aromatic carbocycles. The van der Waals surface area contributed by atoms with Crippen molar-refractivity contribution in [3.05, 3.63) is 42.5 Å². The maximum Gasteiger partial charge on any atom is 0.247 e. The van der Waals surface area contributed by atoms with Gasteiger partial charge in [-0.3, -0.25) is 14.5 Å². The summed E-state index contributed by atoms with van der Waals surface area (Å²) in [6, 6.07) is 11.7. The van der Waals surface area contributed by atoms with Crippen LogP contribution >= 0.6 is 0 Å². The van der Waals surface area contributed by atoms with E-state index < -0.39 is 6.04 Å². The molecule has 1 fully saturated rings. The van der Waals surface area contributed by atoms with E-state index in [1.165, 1.54) is 12.0 Å². The molecule has 0 saturated carbocycles. The number of hydrogen-bond acceptors (Lipinski definition) is 5. The number of anilines is 2. The van der Waals surface area contributed by atoms with Gasteiger partial charge in [-0.2, -0.15) is 0 Å². The molecule has 0 aromatic heterocycles. The molecular weight excluding hydrogens is 348 g/mol. The quantitative estimate of drug-likeness (QED) is 0.846. The topological polar surface area (TPSA) is 77.1 Å². The molecule has 1 aliphatic heterocycles. The van der Waals surface area contributed by atoms with Gasteiger partial charge in [0.15, 0.2) is 11.5 Å². The number of nitrogens with one attached hydrogen (secondary N) is 1. The largest absolute Gasteiger partial charge is 0.497 e. The van der Waals surface area contributed by atoms with E-state index in [0.717, 1.165) is 0 Å². The molecule has 1 saturated heterocycles. The number of benzene rings is 2. The second-order valence-corrected chi connectivity index (χ2v) is 6.08. The molecule has 1 atom stereocenters. The maximum atomic E-state index is 12.8. The molecule has 0 radical (unpaired) electrons. The normalized spacial score (nSPS) is 16.2. The standard InChI is InChI=1S/C20H22N2O5/c1-25-15-7-5-14(6-8-15)22-16(9-11-19(22)23)20(24)21-13-4-10-17(26-2)18(12-13)27-3/h4-8,10,12,16H,9,11H2,1-3H3,(H,21,24). The Kier molecular flexibility index (Phi) is 5.49. The monoisotopic (exact) mass is 370 g/mol. The van der Waals surface area contributed by atoms with Gasteiger partial charge in [0.05, 0.1) is 21.3 Å². The predicted molar refractivity (Wildman–Crippen MR) is 102 cm³/mol. The zero-order chi connectivity index (χ0) is 19.4. The highest BCUT2D eigenvalue weighted by atomic mass is 16.5. The summed E-state index contributed by atoms with van der Waals surface area (Å²) in [6.07, 6.45) is 0.792. The Hall–Kier alpha value is -3.22. The van der Waals surface area contributed by atoms with Gasteiger partial charge in [-0.1, -0.05) is 0 Å². The first kappa shape index (κ1) is 18.6. The number of carbonyl (C=O) groups is 2. The van der Waals surface area contributed by atoms with E-state index in [1.807, 2.05) is 0 Å². The van der Waals surface area contributed by atoms with Crippen LogP contribution < -0.4 is 24.4 Å². The van der Waals surface area contributed by atoms with Gasteiger partial charge in [-0.25, -0.2) is 0 Å². The fourth-order valence-corrected chi connectivity index (χ4v) is 3.14. The maximum absolute atomic E-state index is 12.8. The highest BCUT2D eigenvalue weighted by molar-refractivity contribution is 6.07. The fraction of sp³-hybridized carbons (Fsp3) is 0.300. The van der Waals surface area contributed by atoms with Crippen molar-refractivity contribution in [2.75, 3.05) is 31.5 Å². The van der Waals surface area contributed by atoms with E-state index in [1.54, 1.807) is 56.7 Å². The first-order valence-corrected chi connectivity index (χ1v) is 8.56. The second kappa shape index (κ2) is 7.99. The van der Waals surface area contributed by atoms with E-state index in [-0.39, 0.29) is 11.8 Å². The lowest BCUT2D eigenvalue weighted by Crippen LogP contribution is -2.41. The zero-order valence-electron chi connectivity index (χ0n) is 15.5. The lowest BCUT2D eigenvalue weighted by Gasteiger charge is -2.24. The average molecular weight is 370 g/mol. The fourth-order valence-electron chi connectivity index (χ4n) is 3.14. The third-order valence-corrected chi connectivity index (χ3v) is 4.52. The minimum Gasteiger partial charge on any atom is -0.497 e. The third kappa shape index (κ3) is 3.81. The van der Waals surface area contributed by atoms with Crippen LogP contribution in [0.2, 0.25) is 0 Å². The molecule has 1 N–H and O–H groups in total. The van der Waals surface area contributed by atoms with Crippen LogP contribution in [0.4, 0.5) is 11.4 Å². The van der Waals surface area contributed by atoms with Gasteiger partial charge in [0.25, 0.3) is 0 Å². The van der Waals surface area contributed by atoms with Crippen LogP contribution in [-0.2, 0) is 9.59 Å². The Balaban J connectivity index is 1.79. The second-order valence-electron chi connectivity index (χ2n) is 6.08. The summed E-state index contributed by atoms with van der Waals surface area (Å²) in [5, 5.41) is 2.86. The summed E-state index contributed by atoms with van der Waals surface area (Å²) < 4.78 is 15.6. The van der Waals surface area contributed by atoms with Crippen molar-refractivity contribution < 1.29 is 23.8 Å². The Morgan fingerprint density at radius 2 is 1.70 bits per heavy atom. The van der Waals surface area contributed by atoms with Crippen LogP contribution in [0, 0.1) is 0 Å². The van der Waals surface area contributed by atoms with Crippen molar-refractivity contribution >= 4 is 23.2 Å². The molecule has 3 rings (SSSR count). The van der Waals surface area contributed by atoms with E-state index in [4.69, 9.17) is 14.2 Å². The first-order chi connectivity index (χ1) is 13.1. The van der Waals surface area contributed by atoms with E-state index in [9.17, 15) is 9.59 Å².